The number of esters is 2. The summed E-state index contributed by atoms with van der Waals surface area (Å²) in [6.07, 6.45) is 1.71. The lowest BCUT2D eigenvalue weighted by Gasteiger charge is -2.23. The van der Waals surface area contributed by atoms with Gasteiger partial charge in [-0.1, -0.05) is 6.08 Å². The lowest BCUT2D eigenvalue weighted by Crippen LogP contribution is -2.35. The van der Waals surface area contributed by atoms with E-state index in [1.165, 1.54) is 19.9 Å². The first kappa shape index (κ1) is 18.3. The highest BCUT2D eigenvalue weighted by molar-refractivity contribution is 5.92. The van der Waals surface area contributed by atoms with E-state index in [1.807, 2.05) is 0 Å². The number of carboxylic acid groups (broad SMARTS) is 3. The smallest absolute Gasteiger partial charge is 0.331 e. The minimum atomic E-state index is -1.23. The Morgan fingerprint density at radius 2 is 1.43 bits per heavy atom. The summed E-state index contributed by atoms with van der Waals surface area (Å²) in [5, 5.41) is 26.8. The maximum atomic E-state index is 11.0. The largest absolute Gasteiger partial charge is 0.481 e. The van der Waals surface area contributed by atoms with Crippen LogP contribution in [0, 0.1) is 23.7 Å². The normalized spacial score (nSPS) is 27.3. The van der Waals surface area contributed by atoms with Crippen LogP contribution < -0.4 is 0 Å². The Labute approximate surface area is 130 Å². The van der Waals surface area contributed by atoms with Gasteiger partial charge < -0.3 is 20.1 Å². The molecule has 0 amide bonds. The highest BCUT2D eigenvalue weighted by Gasteiger charge is 2.56. The molecular weight excluding hydrogens is 312 g/mol. The van der Waals surface area contributed by atoms with Gasteiger partial charge in [-0.2, -0.15) is 0 Å². The van der Waals surface area contributed by atoms with E-state index in [1.54, 1.807) is 0 Å². The molecule has 2 aliphatic carbocycles. The number of carbonyl (C=O) groups is 5. The van der Waals surface area contributed by atoms with Gasteiger partial charge in [-0.15, -0.1) is 0 Å². The molecule has 0 radical (unpaired) electrons. The molecule has 23 heavy (non-hydrogen) atoms. The fourth-order valence-corrected chi connectivity index (χ4v) is 3.04. The van der Waals surface area contributed by atoms with Gasteiger partial charge in [0.05, 0.1) is 11.8 Å². The number of ether oxygens (including phenoxy) is 1. The number of hydrogen-bond donors (Lipinski definition) is 3. The molecule has 1 saturated carbocycles. The van der Waals surface area contributed by atoms with Gasteiger partial charge in [-0.05, 0) is 12.3 Å². The Kier molecular flexibility index (Phi) is 5.61. The van der Waals surface area contributed by atoms with E-state index in [9.17, 15) is 24.0 Å². The van der Waals surface area contributed by atoms with Crippen LogP contribution in [0.5, 0.6) is 0 Å². The highest BCUT2D eigenvalue weighted by Crippen LogP contribution is 2.51. The second-order valence-electron chi connectivity index (χ2n) is 5.25. The van der Waals surface area contributed by atoms with Crippen molar-refractivity contribution in [2.75, 3.05) is 0 Å². The van der Waals surface area contributed by atoms with E-state index in [4.69, 9.17) is 15.3 Å². The van der Waals surface area contributed by atoms with Crippen LogP contribution in [0.2, 0.25) is 0 Å². The SMILES string of the molecule is CC(=O)OC(C)=O.O=C(O)C1=CC2CC1C(C(=O)O)C2C(=O)O. The number of rotatable bonds is 3. The Bertz CT molecular complexity index is 577. The van der Waals surface area contributed by atoms with Gasteiger partial charge >= 0.3 is 29.8 Å². The summed E-state index contributed by atoms with van der Waals surface area (Å²) < 4.78 is 3.97. The average molecular weight is 328 g/mol. The number of carboxylic acids is 3. The first-order valence-electron chi connectivity index (χ1n) is 6.65. The predicted molar refractivity (Wildman–Crippen MR) is 72.0 cm³/mol. The fourth-order valence-electron chi connectivity index (χ4n) is 3.04. The summed E-state index contributed by atoms with van der Waals surface area (Å²) in [7, 11) is 0. The van der Waals surface area contributed by atoms with E-state index in [-0.39, 0.29) is 5.57 Å². The molecule has 3 N–H and O–H groups in total. The van der Waals surface area contributed by atoms with Crippen molar-refractivity contribution in [1.82, 2.24) is 0 Å². The lowest BCUT2D eigenvalue weighted by molar-refractivity contribution is -0.156. The molecule has 0 aromatic rings. The van der Waals surface area contributed by atoms with Crippen molar-refractivity contribution < 1.29 is 44.0 Å². The standard InChI is InChI=1S/C10H10O6.C4H6O3/c11-8(12)5-2-3-1-4(5)7(10(15)16)6(3)9(13)14;1-3(5)7-4(2)6/h2-4,6-7H,1H2,(H,11,12)(H,13,14)(H,15,16);1-2H3. The fraction of sp³-hybridized carbons (Fsp3) is 0.500. The molecule has 126 valence electrons. The third kappa shape index (κ3) is 4.15. The topological polar surface area (TPSA) is 155 Å². The molecule has 9 heteroatoms. The van der Waals surface area contributed by atoms with E-state index >= 15 is 0 Å². The molecule has 0 aliphatic heterocycles. The first-order valence-corrected chi connectivity index (χ1v) is 6.65. The Hall–Kier alpha value is -2.71. The molecule has 1 fully saturated rings. The molecular formula is C14H16O9. The molecule has 0 heterocycles. The first-order chi connectivity index (χ1) is 10.6. The van der Waals surface area contributed by atoms with Crippen LogP contribution in [0.25, 0.3) is 0 Å². The average Bonchev–Trinajstić information content (AvgIpc) is 2.94. The zero-order chi connectivity index (χ0) is 17.9. The number of hydrogen-bond acceptors (Lipinski definition) is 6. The van der Waals surface area contributed by atoms with Crippen LogP contribution in [0.15, 0.2) is 11.6 Å². The number of allylic oxidation sites excluding steroid dienone is 1. The van der Waals surface area contributed by atoms with Gasteiger partial charge in [0.1, 0.15) is 0 Å². The molecule has 0 aromatic carbocycles. The summed E-state index contributed by atoms with van der Waals surface area (Å²) >= 11 is 0. The molecule has 9 nitrogen and oxygen atoms in total. The predicted octanol–water partition coefficient (Wildman–Crippen LogP) is 0.145. The Balaban J connectivity index is 0.000000322. The number of aliphatic carboxylic acids is 3. The van der Waals surface area contributed by atoms with Crippen molar-refractivity contribution in [1.29, 1.82) is 0 Å². The van der Waals surface area contributed by atoms with Crippen LogP contribution >= 0.6 is 0 Å². The third-order valence-electron chi connectivity index (χ3n) is 3.71. The van der Waals surface area contributed by atoms with E-state index in [0.717, 1.165) is 0 Å². The van der Waals surface area contributed by atoms with Crippen molar-refractivity contribution >= 4 is 29.8 Å². The van der Waals surface area contributed by atoms with Crippen LogP contribution in [0.1, 0.15) is 20.3 Å². The van der Waals surface area contributed by atoms with Gasteiger partial charge in [0.15, 0.2) is 0 Å². The second-order valence-corrected chi connectivity index (χ2v) is 5.25. The molecule has 0 spiro atoms. The molecule has 2 aliphatic rings. The zero-order valence-corrected chi connectivity index (χ0v) is 12.4. The van der Waals surface area contributed by atoms with Gasteiger partial charge in [0.2, 0.25) is 0 Å². The quantitative estimate of drug-likeness (QED) is 0.484. The molecule has 0 aromatic heterocycles. The Morgan fingerprint density at radius 3 is 1.74 bits per heavy atom. The lowest BCUT2D eigenvalue weighted by atomic mass is 9.79. The molecule has 4 atom stereocenters. The maximum Gasteiger partial charge on any atom is 0.331 e. The molecule has 0 saturated heterocycles. The van der Waals surface area contributed by atoms with E-state index in [2.05, 4.69) is 4.74 Å². The summed E-state index contributed by atoms with van der Waals surface area (Å²) in [5.74, 6) is -7.91. The van der Waals surface area contributed by atoms with Crippen LogP contribution in [0.4, 0.5) is 0 Å². The van der Waals surface area contributed by atoms with Crippen molar-refractivity contribution in [3.63, 3.8) is 0 Å². The molecule has 4 unspecified atom stereocenters. The van der Waals surface area contributed by atoms with Crippen molar-refractivity contribution in [2.45, 2.75) is 20.3 Å². The summed E-state index contributed by atoms with van der Waals surface area (Å²) in [4.78, 5) is 52.4. The van der Waals surface area contributed by atoms with Crippen molar-refractivity contribution in [3.8, 4) is 0 Å². The second kappa shape index (κ2) is 7.03. The summed E-state index contributed by atoms with van der Waals surface area (Å²) in [6.45, 7) is 2.36. The highest BCUT2D eigenvalue weighted by atomic mass is 16.6. The van der Waals surface area contributed by atoms with E-state index < -0.39 is 53.5 Å². The maximum absolute atomic E-state index is 11.0. The minimum Gasteiger partial charge on any atom is -0.481 e. The number of carbonyl (C=O) groups excluding carboxylic acids is 2. The van der Waals surface area contributed by atoms with Gasteiger partial charge in [0.25, 0.3) is 0 Å². The van der Waals surface area contributed by atoms with Crippen LogP contribution in [-0.2, 0) is 28.7 Å². The molecule has 2 rings (SSSR count). The van der Waals surface area contributed by atoms with Crippen molar-refractivity contribution in [3.05, 3.63) is 11.6 Å². The van der Waals surface area contributed by atoms with E-state index in [0.29, 0.717) is 6.42 Å². The monoisotopic (exact) mass is 328 g/mol. The van der Waals surface area contributed by atoms with Gasteiger partial charge in [-0.3, -0.25) is 19.2 Å². The van der Waals surface area contributed by atoms with Crippen LogP contribution in [0.3, 0.4) is 0 Å². The summed E-state index contributed by atoms with van der Waals surface area (Å²) in [6, 6.07) is 0. The third-order valence-corrected chi connectivity index (χ3v) is 3.71. The minimum absolute atomic E-state index is 0.0508. The van der Waals surface area contributed by atoms with Crippen LogP contribution in [-0.4, -0.2) is 45.2 Å². The van der Waals surface area contributed by atoms with Gasteiger partial charge in [-0.25, -0.2) is 4.79 Å². The summed E-state index contributed by atoms with van der Waals surface area (Å²) in [5.41, 5.74) is 0.0508. The number of fused-ring (bicyclic) bond motifs is 2. The van der Waals surface area contributed by atoms with Gasteiger partial charge in [0, 0.05) is 25.3 Å². The zero-order valence-electron chi connectivity index (χ0n) is 12.4. The van der Waals surface area contributed by atoms with Crippen molar-refractivity contribution in [2.24, 2.45) is 23.7 Å². The molecule has 2 bridgehead atoms. The Morgan fingerprint density at radius 1 is 0.957 bits per heavy atom.